The van der Waals surface area contributed by atoms with E-state index >= 15 is 0 Å². The van der Waals surface area contributed by atoms with Gasteiger partial charge in [-0.05, 0) is 12.8 Å². The molecule has 0 saturated carbocycles. The molecule has 4 N–H and O–H groups in total. The average molecular weight is 879 g/mol. The summed E-state index contributed by atoms with van der Waals surface area (Å²) in [5.41, 5.74) is 0. The third-order valence-corrected chi connectivity index (χ3v) is 14.0. The van der Waals surface area contributed by atoms with Gasteiger partial charge < -0.3 is 20.6 Å². The Morgan fingerprint density at radius 2 is 0.548 bits per heavy atom. The number of rotatable bonds is 54. The lowest BCUT2D eigenvalue weighted by Gasteiger charge is -2.26. The van der Waals surface area contributed by atoms with Gasteiger partial charge in [-0.25, -0.2) is 0 Å². The Labute approximate surface area is 389 Å². The molecule has 0 bridgehead atoms. The maximum absolute atomic E-state index is 12.5. The molecule has 5 heteroatoms. The van der Waals surface area contributed by atoms with Crippen LogP contribution in [0, 0.1) is 0 Å². The van der Waals surface area contributed by atoms with E-state index in [1.165, 1.54) is 276 Å². The van der Waals surface area contributed by atoms with E-state index in [1.54, 1.807) is 0 Å². The number of nitrogens with one attached hydrogen (secondary N) is 1. The van der Waals surface area contributed by atoms with Crippen LogP contribution in [0.3, 0.4) is 0 Å². The van der Waals surface area contributed by atoms with Crippen LogP contribution in [0.15, 0.2) is 0 Å². The predicted molar refractivity (Wildman–Crippen MR) is 273 cm³/mol. The minimum Gasteiger partial charge on any atom is -0.394 e. The molecule has 0 fully saturated rings. The van der Waals surface area contributed by atoms with Gasteiger partial charge in [0.15, 0.2) is 0 Å². The van der Waals surface area contributed by atoms with Crippen LogP contribution in [0.1, 0.15) is 335 Å². The lowest BCUT2D eigenvalue weighted by molar-refractivity contribution is -0.124. The fourth-order valence-corrected chi connectivity index (χ4v) is 9.52. The molecule has 0 aliphatic rings. The largest absolute Gasteiger partial charge is 0.394 e. The van der Waals surface area contributed by atoms with Crippen molar-refractivity contribution in [1.29, 1.82) is 0 Å². The molecule has 5 nitrogen and oxygen atoms in total. The SMILES string of the molecule is CCCCCCCCCCCCCCCCCCCCCCCCCCCCCCCCC(=O)NC(CO)C(O)C(O)CCCCCCCCCCCCCCCCCCCC. The number of hydrogen-bond acceptors (Lipinski definition) is 4. The molecule has 3 unspecified atom stereocenters. The molecule has 0 aliphatic carbocycles. The van der Waals surface area contributed by atoms with Gasteiger partial charge in [-0.15, -0.1) is 0 Å². The molecule has 62 heavy (non-hydrogen) atoms. The Kier molecular flexibility index (Phi) is 52.4. The predicted octanol–water partition coefficient (Wildman–Crippen LogP) is 17.7. The molecule has 3 atom stereocenters. The first-order chi connectivity index (χ1) is 30.6. The van der Waals surface area contributed by atoms with Crippen molar-refractivity contribution in [1.82, 2.24) is 5.32 Å². The summed E-state index contributed by atoms with van der Waals surface area (Å²) in [4.78, 5) is 12.5. The van der Waals surface area contributed by atoms with Gasteiger partial charge >= 0.3 is 0 Å². The average Bonchev–Trinajstić information content (AvgIpc) is 3.28. The van der Waals surface area contributed by atoms with E-state index in [2.05, 4.69) is 19.2 Å². The minimum atomic E-state index is -1.13. The number of carbonyl (C=O) groups is 1. The number of carbonyl (C=O) groups excluding carboxylic acids is 1. The van der Waals surface area contributed by atoms with Crippen LogP contribution in [0.2, 0.25) is 0 Å². The maximum atomic E-state index is 12.5. The first-order valence-electron chi connectivity index (χ1n) is 28.8. The second kappa shape index (κ2) is 53.0. The highest BCUT2D eigenvalue weighted by Crippen LogP contribution is 2.19. The van der Waals surface area contributed by atoms with Gasteiger partial charge in [0.2, 0.25) is 5.91 Å². The number of aliphatic hydroxyl groups is 3. The van der Waals surface area contributed by atoms with Gasteiger partial charge in [-0.1, -0.05) is 316 Å². The van der Waals surface area contributed by atoms with Crippen LogP contribution in [-0.2, 0) is 4.79 Å². The number of hydrogen-bond donors (Lipinski definition) is 4. The lowest BCUT2D eigenvalue weighted by atomic mass is 9.99. The monoisotopic (exact) mass is 878 g/mol. The summed E-state index contributed by atoms with van der Waals surface area (Å²) in [6.45, 7) is 4.23. The minimum absolute atomic E-state index is 0.135. The van der Waals surface area contributed by atoms with E-state index in [-0.39, 0.29) is 12.5 Å². The van der Waals surface area contributed by atoms with Crippen molar-refractivity contribution in [3.63, 3.8) is 0 Å². The number of aliphatic hydroxyl groups excluding tert-OH is 3. The normalized spacial score (nSPS) is 13.2. The van der Waals surface area contributed by atoms with Crippen LogP contribution in [0.5, 0.6) is 0 Å². The van der Waals surface area contributed by atoms with Crippen molar-refractivity contribution in [2.45, 2.75) is 353 Å². The molecule has 0 aromatic rings. The molecular formula is C57H115NO4. The van der Waals surface area contributed by atoms with E-state index in [0.717, 1.165) is 32.1 Å². The summed E-state index contributed by atoms with van der Waals surface area (Å²) in [6.07, 6.45) is 64.1. The fourth-order valence-electron chi connectivity index (χ4n) is 9.52. The molecule has 0 heterocycles. The van der Waals surface area contributed by atoms with Crippen molar-refractivity contribution in [2.75, 3.05) is 6.61 Å². The van der Waals surface area contributed by atoms with Crippen LogP contribution < -0.4 is 5.32 Å². The van der Waals surface area contributed by atoms with Crippen molar-refractivity contribution in [3.05, 3.63) is 0 Å². The Balaban J connectivity index is 3.46. The summed E-state index contributed by atoms with van der Waals surface area (Å²) < 4.78 is 0. The van der Waals surface area contributed by atoms with E-state index < -0.39 is 18.2 Å². The van der Waals surface area contributed by atoms with Crippen molar-refractivity contribution in [2.24, 2.45) is 0 Å². The summed E-state index contributed by atoms with van der Waals surface area (Å²) in [6, 6.07) is -0.804. The summed E-state index contributed by atoms with van der Waals surface area (Å²) in [5.74, 6) is -0.135. The van der Waals surface area contributed by atoms with Gasteiger partial charge in [0.05, 0.1) is 18.8 Å². The highest BCUT2D eigenvalue weighted by Gasteiger charge is 2.26. The first kappa shape index (κ1) is 61.4. The van der Waals surface area contributed by atoms with E-state index in [4.69, 9.17) is 0 Å². The molecular weight excluding hydrogens is 763 g/mol. The van der Waals surface area contributed by atoms with Crippen molar-refractivity contribution in [3.8, 4) is 0 Å². The summed E-state index contributed by atoms with van der Waals surface area (Å²) >= 11 is 0. The van der Waals surface area contributed by atoms with Gasteiger partial charge in [0.1, 0.15) is 6.10 Å². The molecule has 0 aromatic heterocycles. The van der Waals surface area contributed by atoms with Crippen LogP contribution in [0.4, 0.5) is 0 Å². The Bertz CT molecular complexity index is 838. The van der Waals surface area contributed by atoms with Gasteiger partial charge in [-0.3, -0.25) is 4.79 Å². The molecule has 0 spiro atoms. The van der Waals surface area contributed by atoms with E-state index in [0.29, 0.717) is 12.8 Å². The topological polar surface area (TPSA) is 89.8 Å². The highest BCUT2D eigenvalue weighted by molar-refractivity contribution is 5.76. The third-order valence-electron chi connectivity index (χ3n) is 14.0. The molecule has 0 saturated heterocycles. The number of unbranched alkanes of at least 4 members (excludes halogenated alkanes) is 46. The van der Waals surface area contributed by atoms with E-state index in [1.807, 2.05) is 0 Å². The third kappa shape index (κ3) is 47.3. The molecule has 1 amide bonds. The fraction of sp³-hybridized carbons (Fsp3) is 0.982. The van der Waals surface area contributed by atoms with Crippen LogP contribution in [0.25, 0.3) is 0 Å². The highest BCUT2D eigenvalue weighted by atomic mass is 16.3. The van der Waals surface area contributed by atoms with Crippen molar-refractivity contribution >= 4 is 5.91 Å². The van der Waals surface area contributed by atoms with Gasteiger partial charge in [0, 0.05) is 6.42 Å². The molecule has 0 rings (SSSR count). The summed E-state index contributed by atoms with van der Waals surface area (Å²) in [7, 11) is 0. The van der Waals surface area contributed by atoms with Gasteiger partial charge in [-0.2, -0.15) is 0 Å². The zero-order chi connectivity index (χ0) is 45.1. The summed E-state index contributed by atoms with van der Waals surface area (Å²) in [5, 5.41) is 33.8. The van der Waals surface area contributed by atoms with E-state index in [9.17, 15) is 20.1 Å². The standard InChI is InChI=1S/C57H115NO4/c1-3-5-7-9-11-13-15-17-19-21-23-24-25-26-27-28-29-30-31-32-33-34-36-38-40-42-44-46-48-50-52-56(61)58-54(53-59)57(62)55(60)51-49-47-45-43-41-39-37-35-22-20-18-16-14-12-10-8-6-4-2/h54-55,57,59-60,62H,3-53H2,1-2H3,(H,58,61). The molecule has 0 radical (unpaired) electrons. The van der Waals surface area contributed by atoms with Crippen LogP contribution >= 0.6 is 0 Å². The Morgan fingerprint density at radius 3 is 0.774 bits per heavy atom. The number of amides is 1. The second-order valence-corrected chi connectivity index (χ2v) is 20.2. The maximum Gasteiger partial charge on any atom is 0.220 e. The van der Waals surface area contributed by atoms with Crippen LogP contribution in [-0.4, -0.2) is 46.1 Å². The second-order valence-electron chi connectivity index (χ2n) is 20.2. The molecule has 0 aromatic carbocycles. The lowest BCUT2D eigenvalue weighted by Crippen LogP contribution is -2.50. The quantitative estimate of drug-likeness (QED) is 0.0458. The zero-order valence-corrected chi connectivity index (χ0v) is 42.5. The first-order valence-corrected chi connectivity index (χ1v) is 28.8. The molecule has 372 valence electrons. The zero-order valence-electron chi connectivity index (χ0n) is 42.5. The Hall–Kier alpha value is -0.650. The smallest absolute Gasteiger partial charge is 0.220 e. The van der Waals surface area contributed by atoms with Gasteiger partial charge in [0.25, 0.3) is 0 Å². The Morgan fingerprint density at radius 1 is 0.339 bits per heavy atom. The molecule has 0 aliphatic heterocycles. The van der Waals surface area contributed by atoms with Crippen molar-refractivity contribution < 1.29 is 20.1 Å².